The number of hydrogen-bond acceptors (Lipinski definition) is 4. The molecule has 2 aromatic rings. The van der Waals surface area contributed by atoms with Crippen LogP contribution in [-0.2, 0) is 16.1 Å². The minimum Gasteiger partial charge on any atom is -0.497 e. The summed E-state index contributed by atoms with van der Waals surface area (Å²) in [6.45, 7) is 1.70. The second-order valence-electron chi connectivity index (χ2n) is 5.24. The quantitative estimate of drug-likeness (QED) is 0.741. The number of ether oxygens (including phenoxy) is 2. The lowest BCUT2D eigenvalue weighted by atomic mass is 10.2. The molecule has 25 heavy (non-hydrogen) atoms. The fourth-order valence-corrected chi connectivity index (χ4v) is 2.34. The van der Waals surface area contributed by atoms with E-state index in [1.165, 1.54) is 19.1 Å². The van der Waals surface area contributed by atoms with Gasteiger partial charge in [0.05, 0.1) is 12.7 Å². The summed E-state index contributed by atoms with van der Waals surface area (Å²) in [7, 11) is 1.57. The molecule has 1 atom stereocenters. The predicted octanol–water partition coefficient (Wildman–Crippen LogP) is 3.46. The molecule has 1 N–H and O–H groups in total. The second kappa shape index (κ2) is 8.62. The molecule has 0 fully saturated rings. The molecular weight excluding hydrogens is 393 g/mol. The lowest BCUT2D eigenvalue weighted by Gasteiger charge is -2.14. The zero-order chi connectivity index (χ0) is 18.4. The molecule has 0 aliphatic heterocycles. The van der Waals surface area contributed by atoms with Gasteiger partial charge in [-0.1, -0.05) is 28.1 Å². The molecule has 0 bridgehead atoms. The van der Waals surface area contributed by atoms with Crippen LogP contribution in [0.1, 0.15) is 22.8 Å². The molecule has 0 unspecified atom stereocenters. The van der Waals surface area contributed by atoms with Crippen LogP contribution in [0.2, 0.25) is 0 Å². The van der Waals surface area contributed by atoms with E-state index >= 15 is 0 Å². The molecule has 0 aliphatic rings. The van der Waals surface area contributed by atoms with Crippen molar-refractivity contribution in [3.63, 3.8) is 0 Å². The van der Waals surface area contributed by atoms with Crippen LogP contribution in [0.15, 0.2) is 46.9 Å². The third-order valence-corrected chi connectivity index (χ3v) is 3.92. The van der Waals surface area contributed by atoms with Gasteiger partial charge >= 0.3 is 5.97 Å². The Kier molecular flexibility index (Phi) is 6.52. The number of rotatable bonds is 6. The minimum absolute atomic E-state index is 0.224. The first-order valence-corrected chi connectivity index (χ1v) is 8.26. The summed E-state index contributed by atoms with van der Waals surface area (Å²) in [5.74, 6) is -1.36. The Labute approximate surface area is 153 Å². The molecule has 2 aromatic carbocycles. The van der Waals surface area contributed by atoms with E-state index < -0.39 is 23.8 Å². The topological polar surface area (TPSA) is 64.6 Å². The van der Waals surface area contributed by atoms with Crippen molar-refractivity contribution in [2.75, 3.05) is 7.11 Å². The molecule has 2 rings (SSSR count). The van der Waals surface area contributed by atoms with Crippen molar-refractivity contribution < 1.29 is 23.5 Å². The zero-order valence-electron chi connectivity index (χ0n) is 13.7. The van der Waals surface area contributed by atoms with Gasteiger partial charge in [-0.25, -0.2) is 9.18 Å². The van der Waals surface area contributed by atoms with Gasteiger partial charge in [-0.2, -0.15) is 0 Å². The number of esters is 1. The number of carbonyl (C=O) groups is 2. The van der Waals surface area contributed by atoms with E-state index in [1.54, 1.807) is 19.2 Å². The van der Waals surface area contributed by atoms with Crippen LogP contribution < -0.4 is 10.1 Å². The van der Waals surface area contributed by atoms with Gasteiger partial charge in [0.25, 0.3) is 5.91 Å². The van der Waals surface area contributed by atoms with E-state index in [2.05, 4.69) is 21.2 Å². The smallest absolute Gasteiger partial charge is 0.341 e. The van der Waals surface area contributed by atoms with Gasteiger partial charge < -0.3 is 14.8 Å². The lowest BCUT2D eigenvalue weighted by Crippen LogP contribution is -2.35. The van der Waals surface area contributed by atoms with Gasteiger partial charge in [0.2, 0.25) is 0 Å². The Hall–Kier alpha value is -2.41. The number of carbonyl (C=O) groups excluding carboxylic acids is 2. The highest BCUT2D eigenvalue weighted by molar-refractivity contribution is 9.10. The average molecular weight is 410 g/mol. The molecule has 0 spiro atoms. The van der Waals surface area contributed by atoms with Gasteiger partial charge in [0, 0.05) is 11.0 Å². The molecule has 7 heteroatoms. The van der Waals surface area contributed by atoms with Crippen molar-refractivity contribution in [2.24, 2.45) is 0 Å². The van der Waals surface area contributed by atoms with Crippen LogP contribution in [0.5, 0.6) is 5.75 Å². The summed E-state index contributed by atoms with van der Waals surface area (Å²) >= 11 is 3.11. The van der Waals surface area contributed by atoms with Crippen molar-refractivity contribution >= 4 is 27.8 Å². The number of nitrogens with one attached hydrogen (secondary N) is 1. The van der Waals surface area contributed by atoms with Crippen molar-refractivity contribution in [3.05, 3.63) is 63.9 Å². The standard InChI is InChI=1S/C18H17BrFNO4/c1-11(25-18(23)15-8-5-13(19)9-16(15)20)17(22)21-10-12-3-6-14(24-2)7-4-12/h3-9,11H,10H2,1-2H3,(H,21,22)/t11-/m0/s1. The SMILES string of the molecule is COc1ccc(CNC(=O)[C@H](C)OC(=O)c2ccc(Br)cc2F)cc1. The summed E-state index contributed by atoms with van der Waals surface area (Å²) in [5, 5.41) is 2.66. The van der Waals surface area contributed by atoms with Gasteiger partial charge in [0.1, 0.15) is 11.6 Å². The highest BCUT2D eigenvalue weighted by Crippen LogP contribution is 2.16. The first-order chi connectivity index (χ1) is 11.9. The van der Waals surface area contributed by atoms with Crippen molar-refractivity contribution in [2.45, 2.75) is 19.6 Å². The van der Waals surface area contributed by atoms with E-state index in [-0.39, 0.29) is 12.1 Å². The molecular formula is C18H17BrFNO4. The van der Waals surface area contributed by atoms with Crippen molar-refractivity contribution in [3.8, 4) is 5.75 Å². The maximum absolute atomic E-state index is 13.7. The Morgan fingerprint density at radius 1 is 1.20 bits per heavy atom. The molecule has 0 heterocycles. The van der Waals surface area contributed by atoms with Crippen LogP contribution >= 0.6 is 15.9 Å². The van der Waals surface area contributed by atoms with Crippen LogP contribution in [0.25, 0.3) is 0 Å². The Morgan fingerprint density at radius 3 is 2.48 bits per heavy atom. The molecule has 0 saturated heterocycles. The van der Waals surface area contributed by atoms with E-state index in [4.69, 9.17) is 9.47 Å². The summed E-state index contributed by atoms with van der Waals surface area (Å²) in [6, 6.07) is 11.2. The minimum atomic E-state index is -1.05. The first-order valence-electron chi connectivity index (χ1n) is 7.47. The average Bonchev–Trinajstić information content (AvgIpc) is 2.59. The van der Waals surface area contributed by atoms with Gasteiger partial charge in [-0.15, -0.1) is 0 Å². The highest BCUT2D eigenvalue weighted by Gasteiger charge is 2.21. The largest absolute Gasteiger partial charge is 0.497 e. The fraction of sp³-hybridized carbons (Fsp3) is 0.222. The summed E-state index contributed by atoms with van der Waals surface area (Å²) in [5.41, 5.74) is 0.643. The number of hydrogen-bond donors (Lipinski definition) is 1. The van der Waals surface area contributed by atoms with E-state index in [0.717, 1.165) is 11.6 Å². The monoisotopic (exact) mass is 409 g/mol. The molecule has 0 aliphatic carbocycles. The zero-order valence-corrected chi connectivity index (χ0v) is 15.3. The maximum atomic E-state index is 13.7. The van der Waals surface area contributed by atoms with Crippen LogP contribution in [0, 0.1) is 5.82 Å². The van der Waals surface area contributed by atoms with Gasteiger partial charge in [-0.05, 0) is 42.8 Å². The van der Waals surface area contributed by atoms with Crippen LogP contribution in [0.3, 0.4) is 0 Å². The number of amides is 1. The predicted molar refractivity (Wildman–Crippen MR) is 93.8 cm³/mol. The Morgan fingerprint density at radius 2 is 1.88 bits per heavy atom. The lowest BCUT2D eigenvalue weighted by molar-refractivity contribution is -0.129. The first kappa shape index (κ1) is 18.9. The fourth-order valence-electron chi connectivity index (χ4n) is 2.01. The van der Waals surface area contributed by atoms with Crippen LogP contribution in [0.4, 0.5) is 4.39 Å². The number of halogens is 2. The highest BCUT2D eigenvalue weighted by atomic mass is 79.9. The number of methoxy groups -OCH3 is 1. The second-order valence-corrected chi connectivity index (χ2v) is 6.15. The van der Waals surface area contributed by atoms with E-state index in [9.17, 15) is 14.0 Å². The molecule has 1 amide bonds. The summed E-state index contributed by atoms with van der Waals surface area (Å²) in [6.07, 6.45) is -1.05. The van der Waals surface area contributed by atoms with E-state index in [1.807, 2.05) is 12.1 Å². The molecule has 0 saturated carbocycles. The molecule has 5 nitrogen and oxygen atoms in total. The van der Waals surface area contributed by atoms with Crippen molar-refractivity contribution in [1.29, 1.82) is 0 Å². The third-order valence-electron chi connectivity index (χ3n) is 3.43. The van der Waals surface area contributed by atoms with Crippen molar-refractivity contribution in [1.82, 2.24) is 5.32 Å². The molecule has 132 valence electrons. The van der Waals surface area contributed by atoms with E-state index in [0.29, 0.717) is 10.2 Å². The Balaban J connectivity index is 1.89. The third kappa shape index (κ3) is 5.29. The normalized spacial score (nSPS) is 11.5. The van der Waals surface area contributed by atoms with Gasteiger partial charge in [-0.3, -0.25) is 4.79 Å². The summed E-state index contributed by atoms with van der Waals surface area (Å²) in [4.78, 5) is 24.0. The summed E-state index contributed by atoms with van der Waals surface area (Å²) < 4.78 is 24.3. The Bertz CT molecular complexity index is 764. The van der Waals surface area contributed by atoms with Gasteiger partial charge in [0.15, 0.2) is 6.10 Å². The molecule has 0 aromatic heterocycles. The number of benzene rings is 2. The van der Waals surface area contributed by atoms with Crippen LogP contribution in [-0.4, -0.2) is 25.1 Å². The molecule has 0 radical (unpaired) electrons. The maximum Gasteiger partial charge on any atom is 0.341 e.